The fourth-order valence-electron chi connectivity index (χ4n) is 5.50. The highest BCUT2D eigenvalue weighted by Gasteiger charge is 2.47. The summed E-state index contributed by atoms with van der Waals surface area (Å²) in [6, 6.07) is 0.456. The zero-order valence-corrected chi connectivity index (χ0v) is 17.3. The van der Waals surface area contributed by atoms with Gasteiger partial charge >= 0.3 is 0 Å². The Morgan fingerprint density at radius 3 is 3.00 bits per heavy atom. The number of nitrogens with zero attached hydrogens (tertiary/aromatic N) is 4. The van der Waals surface area contributed by atoms with Gasteiger partial charge in [-0.25, -0.2) is 5.43 Å². The molecule has 1 aromatic rings. The predicted octanol–water partition coefficient (Wildman–Crippen LogP) is 1.23. The van der Waals surface area contributed by atoms with E-state index in [0.29, 0.717) is 31.1 Å². The van der Waals surface area contributed by atoms with Crippen molar-refractivity contribution in [2.45, 2.75) is 89.2 Å². The first-order chi connectivity index (χ1) is 14.2. The minimum Gasteiger partial charge on any atom is -0.376 e. The van der Waals surface area contributed by atoms with E-state index in [9.17, 15) is 4.79 Å². The Bertz CT molecular complexity index is 732. The van der Waals surface area contributed by atoms with Crippen molar-refractivity contribution in [3.8, 4) is 0 Å². The van der Waals surface area contributed by atoms with Crippen LogP contribution in [-0.4, -0.2) is 52.3 Å². The number of aromatic nitrogens is 3. The van der Waals surface area contributed by atoms with Crippen molar-refractivity contribution in [1.29, 1.82) is 0 Å². The van der Waals surface area contributed by atoms with Gasteiger partial charge in [0.2, 0.25) is 11.9 Å². The van der Waals surface area contributed by atoms with Crippen LogP contribution in [-0.2, 0) is 16.0 Å². The second kappa shape index (κ2) is 8.20. The van der Waals surface area contributed by atoms with Gasteiger partial charge in [-0.15, -0.1) is 10.2 Å². The van der Waals surface area contributed by atoms with Crippen molar-refractivity contribution < 1.29 is 9.53 Å². The average Bonchev–Trinajstić information content (AvgIpc) is 3.46. The smallest absolute Gasteiger partial charge is 0.243 e. The number of rotatable bonds is 6. The van der Waals surface area contributed by atoms with Crippen LogP contribution >= 0.6 is 0 Å². The molecule has 0 spiro atoms. The van der Waals surface area contributed by atoms with Gasteiger partial charge in [0.05, 0.1) is 12.3 Å². The number of hydrogen-bond acceptors (Lipinski definition) is 7. The summed E-state index contributed by atoms with van der Waals surface area (Å²) in [4.78, 5) is 12.2. The van der Waals surface area contributed by atoms with Crippen LogP contribution in [0.1, 0.15) is 70.2 Å². The number of aryl methyl sites for hydroxylation is 1. The van der Waals surface area contributed by atoms with Crippen LogP contribution in [0.2, 0.25) is 0 Å². The van der Waals surface area contributed by atoms with E-state index >= 15 is 0 Å². The molecule has 0 radical (unpaired) electrons. The molecule has 160 valence electrons. The molecular weight excluding hydrogens is 370 g/mol. The number of ether oxygens (including phenoxy) is 1. The van der Waals surface area contributed by atoms with Crippen LogP contribution in [0.5, 0.6) is 0 Å². The quantitative estimate of drug-likeness (QED) is 0.657. The Morgan fingerprint density at radius 2 is 2.14 bits per heavy atom. The Morgan fingerprint density at radius 1 is 1.24 bits per heavy atom. The molecule has 5 rings (SSSR count). The van der Waals surface area contributed by atoms with E-state index in [1.54, 1.807) is 0 Å². The summed E-state index contributed by atoms with van der Waals surface area (Å²) >= 11 is 0. The Balaban J connectivity index is 1.22. The van der Waals surface area contributed by atoms with Crippen LogP contribution in [0.15, 0.2) is 0 Å². The van der Waals surface area contributed by atoms with Gasteiger partial charge in [-0.2, -0.15) is 0 Å². The first-order valence-corrected chi connectivity index (χ1v) is 11.3. The minimum absolute atomic E-state index is 0.105. The van der Waals surface area contributed by atoms with Gasteiger partial charge in [-0.05, 0) is 39.0 Å². The first kappa shape index (κ1) is 19.3. The number of fused-ring (bicyclic) bond motifs is 6. The van der Waals surface area contributed by atoms with E-state index in [0.717, 1.165) is 44.1 Å². The van der Waals surface area contributed by atoms with E-state index in [-0.39, 0.29) is 18.2 Å². The van der Waals surface area contributed by atoms with E-state index < -0.39 is 0 Å². The molecule has 1 saturated carbocycles. The third-order valence-corrected chi connectivity index (χ3v) is 6.87. The molecule has 1 amide bonds. The van der Waals surface area contributed by atoms with Crippen molar-refractivity contribution in [3.05, 3.63) is 5.82 Å². The van der Waals surface area contributed by atoms with Gasteiger partial charge < -0.3 is 10.1 Å². The summed E-state index contributed by atoms with van der Waals surface area (Å²) < 4.78 is 7.93. The predicted molar refractivity (Wildman–Crippen MR) is 108 cm³/mol. The average molecular weight is 404 g/mol. The van der Waals surface area contributed by atoms with E-state index in [2.05, 4.69) is 42.8 Å². The van der Waals surface area contributed by atoms with Crippen molar-refractivity contribution in [2.24, 2.45) is 5.92 Å². The molecule has 4 aliphatic rings. The summed E-state index contributed by atoms with van der Waals surface area (Å²) in [6.07, 6.45) is 9.94. The molecule has 3 N–H and O–H groups in total. The molecular formula is C20H33N7O2. The molecule has 2 saturated heterocycles. The number of hydrogen-bond donors (Lipinski definition) is 3. The molecule has 5 unspecified atom stereocenters. The highest BCUT2D eigenvalue weighted by Crippen LogP contribution is 2.44. The fourth-order valence-corrected chi connectivity index (χ4v) is 5.50. The lowest BCUT2D eigenvalue weighted by atomic mass is 9.81. The molecule has 29 heavy (non-hydrogen) atoms. The zero-order valence-electron chi connectivity index (χ0n) is 17.3. The standard InChI is InChI=1S/C20H33N7O2/c1-13-22-19-15-7-2-3-8-16(15)26-17(23-24-20(26)27(19)25-13)9-4-10-18(28)21-12-14-6-5-11-29-14/h13-16,19,22,25H,2-12H2,1H3,(H,21,28). The lowest BCUT2D eigenvalue weighted by Crippen LogP contribution is -2.53. The van der Waals surface area contributed by atoms with Gasteiger partial charge in [0.1, 0.15) is 12.0 Å². The number of carbonyl (C=O) groups is 1. The number of amides is 1. The number of hydrazine groups is 1. The molecule has 3 aliphatic heterocycles. The van der Waals surface area contributed by atoms with E-state index in [1.807, 2.05) is 0 Å². The maximum absolute atomic E-state index is 12.2. The first-order valence-electron chi connectivity index (χ1n) is 11.3. The van der Waals surface area contributed by atoms with Crippen LogP contribution in [0.4, 0.5) is 5.95 Å². The van der Waals surface area contributed by atoms with Gasteiger partial charge in [0, 0.05) is 38.0 Å². The lowest BCUT2D eigenvalue weighted by molar-refractivity contribution is -0.121. The number of nitrogens with one attached hydrogen (secondary N) is 3. The van der Waals surface area contributed by atoms with Gasteiger partial charge in [-0.1, -0.05) is 12.8 Å². The summed E-state index contributed by atoms with van der Waals surface area (Å²) in [5, 5.41) is 17.9. The minimum atomic E-state index is 0.105. The SMILES string of the molecule is CC1NC2C3CCCCC3n3c(CCCC(=O)NCC4CCCO4)nnc3N2N1. The van der Waals surface area contributed by atoms with Crippen LogP contribution in [0.3, 0.4) is 0 Å². The Kier molecular flexibility index (Phi) is 5.45. The largest absolute Gasteiger partial charge is 0.376 e. The van der Waals surface area contributed by atoms with Crippen LogP contribution in [0.25, 0.3) is 0 Å². The van der Waals surface area contributed by atoms with Gasteiger partial charge in [0.25, 0.3) is 0 Å². The van der Waals surface area contributed by atoms with Crippen molar-refractivity contribution >= 4 is 11.9 Å². The van der Waals surface area contributed by atoms with Crippen LogP contribution in [0, 0.1) is 5.92 Å². The van der Waals surface area contributed by atoms with Crippen molar-refractivity contribution in [1.82, 2.24) is 30.8 Å². The molecule has 1 aromatic heterocycles. The summed E-state index contributed by atoms with van der Waals surface area (Å²) in [7, 11) is 0. The maximum Gasteiger partial charge on any atom is 0.243 e. The van der Waals surface area contributed by atoms with E-state index in [4.69, 9.17) is 4.74 Å². The van der Waals surface area contributed by atoms with Crippen LogP contribution < -0.4 is 21.1 Å². The highest BCUT2D eigenvalue weighted by molar-refractivity contribution is 5.75. The second-order valence-corrected chi connectivity index (χ2v) is 8.93. The molecule has 1 aliphatic carbocycles. The fraction of sp³-hybridized carbons (Fsp3) is 0.850. The van der Waals surface area contributed by atoms with Gasteiger partial charge in [-0.3, -0.25) is 19.7 Å². The topological polar surface area (TPSA) is 96.3 Å². The second-order valence-electron chi connectivity index (χ2n) is 8.93. The van der Waals surface area contributed by atoms with Crippen molar-refractivity contribution in [2.75, 3.05) is 18.2 Å². The highest BCUT2D eigenvalue weighted by atomic mass is 16.5. The zero-order chi connectivity index (χ0) is 19.8. The molecule has 9 nitrogen and oxygen atoms in total. The molecule has 3 fully saturated rings. The van der Waals surface area contributed by atoms with E-state index in [1.165, 1.54) is 25.7 Å². The molecule has 0 aromatic carbocycles. The molecule has 4 heterocycles. The molecule has 9 heteroatoms. The van der Waals surface area contributed by atoms with Gasteiger partial charge in [0.15, 0.2) is 0 Å². The Labute approximate surface area is 171 Å². The monoisotopic (exact) mass is 403 g/mol. The molecule has 0 bridgehead atoms. The third-order valence-electron chi connectivity index (χ3n) is 6.87. The number of carbonyl (C=O) groups excluding carboxylic acids is 1. The lowest BCUT2D eigenvalue weighted by Gasteiger charge is -2.44. The van der Waals surface area contributed by atoms with Crippen molar-refractivity contribution in [3.63, 3.8) is 0 Å². The normalized spacial score (nSPS) is 33.3. The maximum atomic E-state index is 12.2. The summed E-state index contributed by atoms with van der Waals surface area (Å²) in [6.45, 7) is 3.60. The summed E-state index contributed by atoms with van der Waals surface area (Å²) in [5.41, 5.74) is 3.50. The summed E-state index contributed by atoms with van der Waals surface area (Å²) in [5.74, 6) is 2.61. The molecule has 5 atom stereocenters. The Hall–Kier alpha value is -1.71. The number of anilines is 1. The third kappa shape index (κ3) is 3.75.